The van der Waals surface area contributed by atoms with E-state index in [1.165, 1.54) is 18.3 Å². The highest BCUT2D eigenvalue weighted by atomic mass is 32.1. The van der Waals surface area contributed by atoms with E-state index >= 15 is 0 Å². The molecule has 0 aliphatic carbocycles. The topological polar surface area (TPSA) is 105 Å². The maximum atomic E-state index is 11.9. The molecule has 0 aromatic carbocycles. The lowest BCUT2D eigenvalue weighted by molar-refractivity contribution is 0.0690. The SMILES string of the molecule is CCc1nnsc1C(=O)Nc1ccc(C(=O)O)nc1. The summed E-state index contributed by atoms with van der Waals surface area (Å²) in [5, 5.41) is 15.2. The highest BCUT2D eigenvalue weighted by molar-refractivity contribution is 7.08. The van der Waals surface area contributed by atoms with Gasteiger partial charge in [-0.1, -0.05) is 11.4 Å². The number of carboxylic acid groups (broad SMARTS) is 1. The van der Waals surface area contributed by atoms with Gasteiger partial charge in [-0.25, -0.2) is 9.78 Å². The Labute approximate surface area is 112 Å². The molecule has 0 radical (unpaired) electrons. The molecule has 0 spiro atoms. The van der Waals surface area contributed by atoms with E-state index in [1.54, 1.807) is 0 Å². The van der Waals surface area contributed by atoms with Crippen LogP contribution >= 0.6 is 11.5 Å². The monoisotopic (exact) mass is 278 g/mol. The van der Waals surface area contributed by atoms with Crippen molar-refractivity contribution in [2.24, 2.45) is 0 Å². The van der Waals surface area contributed by atoms with Crippen LogP contribution in [0.3, 0.4) is 0 Å². The number of aromatic nitrogens is 3. The molecule has 7 nitrogen and oxygen atoms in total. The molecule has 0 bridgehead atoms. The predicted octanol–water partition coefficient (Wildman–Crippen LogP) is 1.45. The minimum Gasteiger partial charge on any atom is -0.477 e. The van der Waals surface area contributed by atoms with Crippen molar-refractivity contribution < 1.29 is 14.7 Å². The summed E-state index contributed by atoms with van der Waals surface area (Å²) in [5.41, 5.74) is 0.981. The highest BCUT2D eigenvalue weighted by Gasteiger charge is 2.15. The van der Waals surface area contributed by atoms with Crippen LogP contribution in [0.25, 0.3) is 0 Å². The van der Waals surface area contributed by atoms with Crippen LogP contribution in [0.1, 0.15) is 32.8 Å². The number of carboxylic acids is 1. The van der Waals surface area contributed by atoms with Crippen LogP contribution in [0.5, 0.6) is 0 Å². The first-order valence-electron chi connectivity index (χ1n) is 5.43. The van der Waals surface area contributed by atoms with Gasteiger partial charge in [0, 0.05) is 0 Å². The standard InChI is InChI=1S/C11H10N4O3S/c1-2-7-9(19-15-14-7)10(16)13-6-3-4-8(11(17)18)12-5-6/h3-5H,2H2,1H3,(H,13,16)(H,17,18). The molecular weight excluding hydrogens is 268 g/mol. The van der Waals surface area contributed by atoms with Crippen molar-refractivity contribution in [2.45, 2.75) is 13.3 Å². The molecule has 0 saturated heterocycles. The Kier molecular flexibility index (Phi) is 3.81. The molecule has 8 heteroatoms. The number of hydrogen-bond donors (Lipinski definition) is 2. The Morgan fingerprint density at radius 1 is 1.42 bits per heavy atom. The zero-order chi connectivity index (χ0) is 13.8. The molecule has 0 saturated carbocycles. The summed E-state index contributed by atoms with van der Waals surface area (Å²) >= 11 is 1.02. The van der Waals surface area contributed by atoms with Gasteiger partial charge in [-0.3, -0.25) is 4.79 Å². The molecule has 19 heavy (non-hydrogen) atoms. The molecule has 0 atom stereocenters. The summed E-state index contributed by atoms with van der Waals surface area (Å²) in [4.78, 5) is 26.8. The van der Waals surface area contributed by atoms with E-state index in [0.29, 0.717) is 22.7 Å². The fourth-order valence-corrected chi connectivity index (χ4v) is 2.04. The molecule has 2 aromatic heterocycles. The number of carbonyl (C=O) groups is 2. The third-order valence-electron chi connectivity index (χ3n) is 2.34. The minimum atomic E-state index is -1.11. The lowest BCUT2D eigenvalue weighted by Gasteiger charge is -2.03. The first-order valence-corrected chi connectivity index (χ1v) is 6.21. The van der Waals surface area contributed by atoms with E-state index < -0.39 is 5.97 Å². The highest BCUT2D eigenvalue weighted by Crippen LogP contribution is 2.14. The lowest BCUT2D eigenvalue weighted by atomic mass is 10.3. The van der Waals surface area contributed by atoms with E-state index in [-0.39, 0.29) is 11.6 Å². The van der Waals surface area contributed by atoms with E-state index in [9.17, 15) is 9.59 Å². The normalized spacial score (nSPS) is 10.2. The second-order valence-corrected chi connectivity index (χ2v) is 4.35. The molecule has 2 aromatic rings. The summed E-state index contributed by atoms with van der Waals surface area (Å²) in [6.07, 6.45) is 1.91. The van der Waals surface area contributed by atoms with Gasteiger partial charge < -0.3 is 10.4 Å². The quantitative estimate of drug-likeness (QED) is 0.876. The van der Waals surface area contributed by atoms with E-state index in [0.717, 1.165) is 11.5 Å². The van der Waals surface area contributed by atoms with Crippen LogP contribution in [-0.2, 0) is 6.42 Å². The van der Waals surface area contributed by atoms with Crippen LogP contribution in [0, 0.1) is 0 Å². The second-order valence-electron chi connectivity index (χ2n) is 3.59. The third kappa shape index (κ3) is 2.91. The number of pyridine rings is 1. The predicted molar refractivity (Wildman–Crippen MR) is 68.4 cm³/mol. The van der Waals surface area contributed by atoms with E-state index in [1.807, 2.05) is 6.92 Å². The van der Waals surface area contributed by atoms with Crippen LogP contribution in [0.2, 0.25) is 0 Å². The lowest BCUT2D eigenvalue weighted by Crippen LogP contribution is -2.13. The van der Waals surface area contributed by atoms with Gasteiger partial charge in [-0.05, 0) is 30.1 Å². The molecule has 0 aliphatic heterocycles. The number of hydrogen-bond acceptors (Lipinski definition) is 6. The third-order valence-corrected chi connectivity index (χ3v) is 3.10. The van der Waals surface area contributed by atoms with Crippen LogP contribution in [-0.4, -0.2) is 31.6 Å². The van der Waals surface area contributed by atoms with E-state index in [4.69, 9.17) is 5.11 Å². The van der Waals surface area contributed by atoms with Gasteiger partial charge in [0.15, 0.2) is 0 Å². The number of anilines is 1. The number of aromatic carboxylic acids is 1. The van der Waals surface area contributed by atoms with Crippen molar-refractivity contribution in [3.63, 3.8) is 0 Å². The van der Waals surface area contributed by atoms with Crippen LogP contribution in [0.15, 0.2) is 18.3 Å². The zero-order valence-electron chi connectivity index (χ0n) is 9.95. The van der Waals surface area contributed by atoms with Gasteiger partial charge in [0.1, 0.15) is 10.6 Å². The van der Waals surface area contributed by atoms with Crippen molar-refractivity contribution in [3.05, 3.63) is 34.6 Å². The maximum Gasteiger partial charge on any atom is 0.354 e. The minimum absolute atomic E-state index is 0.0771. The summed E-state index contributed by atoms with van der Waals surface area (Å²) in [5.74, 6) is -1.44. The summed E-state index contributed by atoms with van der Waals surface area (Å²) < 4.78 is 3.73. The van der Waals surface area contributed by atoms with E-state index in [2.05, 4.69) is 19.9 Å². The Bertz CT molecular complexity index is 609. The van der Waals surface area contributed by atoms with Gasteiger partial charge in [0.25, 0.3) is 5.91 Å². The molecule has 2 heterocycles. The van der Waals surface area contributed by atoms with Gasteiger partial charge in [0.05, 0.1) is 17.6 Å². The average molecular weight is 278 g/mol. The van der Waals surface area contributed by atoms with Crippen molar-refractivity contribution in [2.75, 3.05) is 5.32 Å². The fraction of sp³-hybridized carbons (Fsp3) is 0.182. The smallest absolute Gasteiger partial charge is 0.354 e. The summed E-state index contributed by atoms with van der Waals surface area (Å²) in [6.45, 7) is 1.89. The molecule has 98 valence electrons. The fourth-order valence-electron chi connectivity index (χ4n) is 1.39. The summed E-state index contributed by atoms with van der Waals surface area (Å²) in [6, 6.07) is 2.80. The second kappa shape index (κ2) is 5.53. The maximum absolute atomic E-state index is 11.9. The first kappa shape index (κ1) is 13.1. The van der Waals surface area contributed by atoms with Crippen molar-refractivity contribution >= 4 is 29.1 Å². The number of carbonyl (C=O) groups excluding carboxylic acids is 1. The zero-order valence-corrected chi connectivity index (χ0v) is 10.8. The Morgan fingerprint density at radius 2 is 2.21 bits per heavy atom. The molecule has 2 rings (SSSR count). The molecule has 0 unspecified atom stereocenters. The Hall–Kier alpha value is -2.35. The average Bonchev–Trinajstić information content (AvgIpc) is 2.87. The molecular formula is C11H10N4O3S. The van der Waals surface area contributed by atoms with Gasteiger partial charge in [-0.15, -0.1) is 5.10 Å². The number of amides is 1. The van der Waals surface area contributed by atoms with Crippen LogP contribution in [0.4, 0.5) is 5.69 Å². The molecule has 0 fully saturated rings. The van der Waals surface area contributed by atoms with Crippen LogP contribution < -0.4 is 5.32 Å². The number of rotatable bonds is 4. The van der Waals surface area contributed by atoms with Crippen molar-refractivity contribution in [1.82, 2.24) is 14.6 Å². The Morgan fingerprint density at radius 3 is 2.79 bits per heavy atom. The molecule has 0 aliphatic rings. The first-order chi connectivity index (χ1) is 9.11. The van der Waals surface area contributed by atoms with Crippen molar-refractivity contribution in [3.8, 4) is 0 Å². The van der Waals surface area contributed by atoms with Gasteiger partial charge in [0.2, 0.25) is 0 Å². The largest absolute Gasteiger partial charge is 0.477 e. The number of nitrogens with one attached hydrogen (secondary N) is 1. The number of aryl methyl sites for hydroxylation is 1. The van der Waals surface area contributed by atoms with Gasteiger partial charge in [-0.2, -0.15) is 0 Å². The Balaban J connectivity index is 2.13. The molecule has 1 amide bonds. The van der Waals surface area contributed by atoms with Gasteiger partial charge >= 0.3 is 5.97 Å². The number of nitrogens with zero attached hydrogens (tertiary/aromatic N) is 3. The molecule has 2 N–H and O–H groups in total. The summed E-state index contributed by atoms with van der Waals surface area (Å²) in [7, 11) is 0. The van der Waals surface area contributed by atoms with Crippen molar-refractivity contribution in [1.29, 1.82) is 0 Å².